The fourth-order valence-corrected chi connectivity index (χ4v) is 3.81. The molecule has 0 radical (unpaired) electrons. The smallest absolute Gasteiger partial charge is 0.322 e. The van der Waals surface area contributed by atoms with Crippen molar-refractivity contribution in [3.63, 3.8) is 0 Å². The Morgan fingerprint density at radius 1 is 0.861 bits per heavy atom. The average Bonchev–Trinajstić information content (AvgIpc) is 3.20. The third-order valence-corrected chi connectivity index (χ3v) is 5.67. The number of urea groups is 1. The lowest BCUT2D eigenvalue weighted by Crippen LogP contribution is -2.41. The zero-order valence-corrected chi connectivity index (χ0v) is 19.7. The quantitative estimate of drug-likeness (QED) is 0.318. The molecule has 5 amide bonds. The number of nitrogens with zero attached hydrogens (tertiary/aromatic N) is 2. The lowest BCUT2D eigenvalue weighted by Gasteiger charge is -2.26. The number of imide groups is 1. The number of amides is 5. The van der Waals surface area contributed by atoms with Gasteiger partial charge in [0.05, 0.1) is 25.4 Å². The average molecular weight is 487 g/mol. The molecule has 2 aromatic carbocycles. The molecule has 0 aliphatic carbocycles. The first-order valence-corrected chi connectivity index (χ1v) is 11.7. The molecule has 2 aromatic rings. The van der Waals surface area contributed by atoms with E-state index in [4.69, 9.17) is 4.74 Å². The van der Waals surface area contributed by atoms with Gasteiger partial charge in [0.25, 0.3) is 11.8 Å². The number of hydrogen-bond donors (Lipinski definition) is 2. The van der Waals surface area contributed by atoms with E-state index in [1.807, 2.05) is 48.5 Å². The highest BCUT2D eigenvalue weighted by atomic mass is 16.5. The number of carbonyl (C=O) groups is 4. The summed E-state index contributed by atoms with van der Waals surface area (Å²) in [6, 6.07) is 15.1. The summed E-state index contributed by atoms with van der Waals surface area (Å²) in [5.41, 5.74) is 3.39. The first kappa shape index (κ1) is 24.7. The van der Waals surface area contributed by atoms with Crippen molar-refractivity contribution in [1.82, 2.24) is 15.5 Å². The van der Waals surface area contributed by atoms with Gasteiger partial charge in [-0.2, -0.15) is 0 Å². The number of benzene rings is 2. The Bertz CT molecular complexity index is 1240. The monoisotopic (exact) mass is 486 g/mol. The van der Waals surface area contributed by atoms with Crippen LogP contribution in [0.5, 0.6) is 0 Å². The number of fused-ring (bicyclic) bond motifs is 2. The lowest BCUT2D eigenvalue weighted by atomic mass is 10.0. The van der Waals surface area contributed by atoms with Crippen LogP contribution in [-0.4, -0.2) is 61.5 Å². The normalized spacial score (nSPS) is 13.8. The van der Waals surface area contributed by atoms with Crippen LogP contribution in [0.3, 0.4) is 0 Å². The molecule has 4 rings (SSSR count). The van der Waals surface area contributed by atoms with E-state index in [2.05, 4.69) is 22.5 Å². The first-order chi connectivity index (χ1) is 17.5. The van der Waals surface area contributed by atoms with E-state index in [0.29, 0.717) is 13.1 Å². The molecular formula is C27H26N4O5. The lowest BCUT2D eigenvalue weighted by molar-refractivity contribution is -0.137. The zero-order chi connectivity index (χ0) is 25.3. The second-order valence-corrected chi connectivity index (χ2v) is 8.12. The van der Waals surface area contributed by atoms with Crippen molar-refractivity contribution in [3.8, 4) is 11.8 Å². The molecule has 2 aliphatic heterocycles. The van der Waals surface area contributed by atoms with Gasteiger partial charge < -0.3 is 15.4 Å². The van der Waals surface area contributed by atoms with E-state index in [-0.39, 0.29) is 44.7 Å². The molecule has 0 spiro atoms. The van der Waals surface area contributed by atoms with Gasteiger partial charge in [-0.3, -0.25) is 24.2 Å². The van der Waals surface area contributed by atoms with Crippen molar-refractivity contribution >= 4 is 29.4 Å². The summed E-state index contributed by atoms with van der Waals surface area (Å²) in [6.45, 7) is 1.55. The van der Waals surface area contributed by atoms with E-state index in [1.165, 1.54) is 12.2 Å². The van der Waals surface area contributed by atoms with Crippen LogP contribution in [0.15, 0.2) is 60.7 Å². The van der Waals surface area contributed by atoms with Gasteiger partial charge in [0.2, 0.25) is 5.91 Å². The predicted molar refractivity (Wildman–Crippen MR) is 133 cm³/mol. The summed E-state index contributed by atoms with van der Waals surface area (Å²) in [5.74, 6) is 5.26. The first-order valence-electron chi connectivity index (χ1n) is 11.7. The number of para-hydroxylation sites is 1. The number of carbonyl (C=O) groups excluding carboxylic acids is 4. The van der Waals surface area contributed by atoms with Crippen molar-refractivity contribution < 1.29 is 23.9 Å². The fourth-order valence-electron chi connectivity index (χ4n) is 3.81. The molecule has 0 aromatic heterocycles. The third kappa shape index (κ3) is 6.17. The summed E-state index contributed by atoms with van der Waals surface area (Å²) < 4.78 is 5.51. The van der Waals surface area contributed by atoms with Crippen LogP contribution in [0.1, 0.15) is 23.1 Å². The molecule has 2 heterocycles. The largest absolute Gasteiger partial charge is 0.378 e. The van der Waals surface area contributed by atoms with Crippen LogP contribution in [0, 0.1) is 11.8 Å². The summed E-state index contributed by atoms with van der Waals surface area (Å²) in [7, 11) is 0. The van der Waals surface area contributed by atoms with E-state index in [1.54, 1.807) is 4.90 Å². The fraction of sp³-hybridized carbons (Fsp3) is 0.259. The van der Waals surface area contributed by atoms with Crippen LogP contribution in [0.4, 0.5) is 10.5 Å². The van der Waals surface area contributed by atoms with Gasteiger partial charge in [-0.1, -0.05) is 42.2 Å². The Kier molecular flexibility index (Phi) is 8.11. The molecule has 9 heteroatoms. The SMILES string of the molecule is O=C(CCN1C(=O)C=CC1=O)NCCOCCNC(=O)N1Cc2ccccc2C#Cc2ccccc21. The van der Waals surface area contributed by atoms with E-state index >= 15 is 0 Å². The molecule has 184 valence electrons. The zero-order valence-electron chi connectivity index (χ0n) is 19.7. The number of nitrogens with one attached hydrogen (secondary N) is 2. The molecule has 0 fully saturated rings. The van der Waals surface area contributed by atoms with Crippen molar-refractivity contribution in [3.05, 3.63) is 77.4 Å². The Hall–Kier alpha value is -4.42. The summed E-state index contributed by atoms with van der Waals surface area (Å²) in [4.78, 5) is 50.6. The molecule has 0 unspecified atom stereocenters. The molecule has 36 heavy (non-hydrogen) atoms. The van der Waals surface area contributed by atoms with Crippen LogP contribution < -0.4 is 15.5 Å². The molecule has 0 bridgehead atoms. The standard InChI is InChI=1S/C27H26N4O5/c32-24(13-16-30-25(33)11-12-26(30)34)28-14-17-36-18-15-29-27(35)31-19-22-7-2-1-5-20(22)9-10-21-6-3-4-8-23(21)31/h1-8,11-12H,13-19H2,(H,28,32)(H,29,35). The van der Waals surface area contributed by atoms with Crippen molar-refractivity contribution in [2.24, 2.45) is 0 Å². The van der Waals surface area contributed by atoms with Gasteiger partial charge in [-0.25, -0.2) is 4.79 Å². The van der Waals surface area contributed by atoms with Gasteiger partial charge in [-0.15, -0.1) is 0 Å². The minimum Gasteiger partial charge on any atom is -0.378 e. The topological polar surface area (TPSA) is 108 Å². The minimum absolute atomic E-state index is 0.0278. The maximum atomic E-state index is 13.0. The number of ether oxygens (including phenoxy) is 1. The molecular weight excluding hydrogens is 460 g/mol. The van der Waals surface area contributed by atoms with Gasteiger partial charge in [0, 0.05) is 49.3 Å². The van der Waals surface area contributed by atoms with Crippen molar-refractivity contribution in [2.45, 2.75) is 13.0 Å². The molecule has 0 saturated heterocycles. The van der Waals surface area contributed by atoms with Gasteiger partial charge in [0.1, 0.15) is 0 Å². The minimum atomic E-state index is -0.408. The molecule has 9 nitrogen and oxygen atoms in total. The predicted octanol–water partition coefficient (Wildman–Crippen LogP) is 1.56. The molecule has 2 N–H and O–H groups in total. The molecule has 0 saturated carbocycles. The third-order valence-electron chi connectivity index (χ3n) is 5.67. The van der Waals surface area contributed by atoms with Crippen LogP contribution in [0.2, 0.25) is 0 Å². The highest BCUT2D eigenvalue weighted by Crippen LogP contribution is 2.25. The van der Waals surface area contributed by atoms with Gasteiger partial charge in [-0.05, 0) is 23.8 Å². The highest BCUT2D eigenvalue weighted by Gasteiger charge is 2.23. The van der Waals surface area contributed by atoms with Gasteiger partial charge in [0.15, 0.2) is 0 Å². The Morgan fingerprint density at radius 2 is 1.50 bits per heavy atom. The number of hydrogen-bond acceptors (Lipinski definition) is 5. The highest BCUT2D eigenvalue weighted by molar-refractivity contribution is 6.13. The Balaban J connectivity index is 1.18. The van der Waals surface area contributed by atoms with E-state index in [0.717, 1.165) is 27.3 Å². The second kappa shape index (κ2) is 11.8. The number of rotatable bonds is 9. The summed E-state index contributed by atoms with van der Waals surface area (Å²) in [5, 5.41) is 5.56. The Labute approximate surface area is 209 Å². The van der Waals surface area contributed by atoms with Crippen molar-refractivity contribution in [1.29, 1.82) is 0 Å². The summed E-state index contributed by atoms with van der Waals surface area (Å²) in [6.07, 6.45) is 2.40. The van der Waals surface area contributed by atoms with E-state index in [9.17, 15) is 19.2 Å². The van der Waals surface area contributed by atoms with Crippen LogP contribution in [0.25, 0.3) is 0 Å². The van der Waals surface area contributed by atoms with Crippen molar-refractivity contribution in [2.75, 3.05) is 37.7 Å². The summed E-state index contributed by atoms with van der Waals surface area (Å²) >= 11 is 0. The van der Waals surface area contributed by atoms with E-state index < -0.39 is 11.8 Å². The maximum Gasteiger partial charge on any atom is 0.322 e. The number of anilines is 1. The van der Waals surface area contributed by atoms with Crippen LogP contribution in [-0.2, 0) is 25.7 Å². The Morgan fingerprint density at radius 3 is 2.28 bits per heavy atom. The molecule has 2 aliphatic rings. The van der Waals surface area contributed by atoms with Gasteiger partial charge >= 0.3 is 6.03 Å². The van der Waals surface area contributed by atoms with Crippen LogP contribution >= 0.6 is 0 Å². The second-order valence-electron chi connectivity index (χ2n) is 8.12. The maximum absolute atomic E-state index is 13.0. The molecule has 0 atom stereocenters.